The molecule has 0 fully saturated rings. The van der Waals surface area contributed by atoms with Gasteiger partial charge in [0.15, 0.2) is 5.78 Å². The number of benzene rings is 2. The van der Waals surface area contributed by atoms with Gasteiger partial charge >= 0.3 is 0 Å². The number of Topliss-reactive ketones (excluding diaryl/α,β-unsaturated/α-hetero) is 1. The van der Waals surface area contributed by atoms with Gasteiger partial charge in [0.2, 0.25) is 0 Å². The molecule has 0 N–H and O–H groups in total. The first-order chi connectivity index (χ1) is 9.74. The van der Waals surface area contributed by atoms with Crippen LogP contribution in [0.4, 0.5) is 0 Å². The van der Waals surface area contributed by atoms with Crippen molar-refractivity contribution >= 4 is 28.4 Å². The fourth-order valence-corrected chi connectivity index (χ4v) is 3.40. The molecule has 1 nitrogen and oxygen atoms in total. The summed E-state index contributed by atoms with van der Waals surface area (Å²) in [5.41, 5.74) is 3.66. The van der Waals surface area contributed by atoms with E-state index in [1.807, 2.05) is 24.3 Å². The Bertz CT molecular complexity index is 616. The molecule has 0 aromatic heterocycles. The van der Waals surface area contributed by atoms with Crippen LogP contribution in [0.25, 0.3) is 0 Å². The Hall–Kier alpha value is -1.16. The van der Waals surface area contributed by atoms with E-state index in [1.165, 1.54) is 21.1 Å². The molecule has 1 atom stereocenters. The van der Waals surface area contributed by atoms with Crippen molar-refractivity contribution in [2.45, 2.75) is 31.6 Å². The highest BCUT2D eigenvalue weighted by Gasteiger charge is 2.22. The third-order valence-electron chi connectivity index (χ3n) is 4.09. The maximum absolute atomic E-state index is 12.4. The van der Waals surface area contributed by atoms with E-state index in [2.05, 4.69) is 46.9 Å². The van der Waals surface area contributed by atoms with Crippen molar-refractivity contribution in [3.05, 3.63) is 68.8 Å². The molecule has 0 bridgehead atoms. The predicted octanol–water partition coefficient (Wildman–Crippen LogP) is 4.98. The molecular formula is C18H17IO. The second kappa shape index (κ2) is 6.08. The first-order valence-corrected chi connectivity index (χ1v) is 8.18. The molecule has 1 aliphatic carbocycles. The largest absolute Gasteiger partial charge is 0.294 e. The summed E-state index contributed by atoms with van der Waals surface area (Å²) in [6.07, 6.45) is 4.12. The Kier molecular flexibility index (Phi) is 4.20. The van der Waals surface area contributed by atoms with Gasteiger partial charge in [-0.15, -0.1) is 0 Å². The lowest BCUT2D eigenvalue weighted by Gasteiger charge is -2.25. The monoisotopic (exact) mass is 376 g/mol. The first-order valence-electron chi connectivity index (χ1n) is 7.10. The predicted molar refractivity (Wildman–Crippen MR) is 90.2 cm³/mol. The summed E-state index contributed by atoms with van der Waals surface area (Å²) in [5.74, 6) is 0.662. The zero-order valence-corrected chi connectivity index (χ0v) is 13.5. The summed E-state index contributed by atoms with van der Waals surface area (Å²) >= 11 is 2.26. The van der Waals surface area contributed by atoms with E-state index in [4.69, 9.17) is 0 Å². The SMILES string of the molecule is O=C(CC1CCCc2ccccc21)c1ccc(I)cc1. The van der Waals surface area contributed by atoms with E-state index in [0.29, 0.717) is 12.3 Å². The number of rotatable bonds is 3. The van der Waals surface area contributed by atoms with E-state index >= 15 is 0 Å². The minimum atomic E-state index is 0.267. The topological polar surface area (TPSA) is 17.1 Å². The van der Waals surface area contributed by atoms with Crippen molar-refractivity contribution in [2.75, 3.05) is 0 Å². The van der Waals surface area contributed by atoms with Crippen molar-refractivity contribution in [2.24, 2.45) is 0 Å². The summed E-state index contributed by atoms with van der Waals surface area (Å²) in [6.45, 7) is 0. The molecule has 0 amide bonds. The Morgan fingerprint density at radius 3 is 2.65 bits per heavy atom. The molecule has 0 saturated carbocycles. The highest BCUT2D eigenvalue weighted by molar-refractivity contribution is 14.1. The quantitative estimate of drug-likeness (QED) is 0.545. The van der Waals surface area contributed by atoms with Crippen LogP contribution in [-0.4, -0.2) is 5.78 Å². The molecule has 1 unspecified atom stereocenters. The third-order valence-corrected chi connectivity index (χ3v) is 4.81. The van der Waals surface area contributed by atoms with E-state index in [-0.39, 0.29) is 5.78 Å². The van der Waals surface area contributed by atoms with Crippen LogP contribution in [0, 0.1) is 3.57 Å². The normalized spacial score (nSPS) is 17.6. The summed E-state index contributed by atoms with van der Waals surface area (Å²) in [6, 6.07) is 16.5. The fraction of sp³-hybridized carbons (Fsp3) is 0.278. The van der Waals surface area contributed by atoms with Crippen LogP contribution < -0.4 is 0 Å². The van der Waals surface area contributed by atoms with Gasteiger partial charge in [-0.05, 0) is 71.0 Å². The molecule has 102 valence electrons. The van der Waals surface area contributed by atoms with Gasteiger partial charge in [-0.2, -0.15) is 0 Å². The number of aryl methyl sites for hydroxylation is 1. The number of fused-ring (bicyclic) bond motifs is 1. The number of carbonyl (C=O) groups excluding carboxylic acids is 1. The number of halogens is 1. The lowest BCUT2D eigenvalue weighted by atomic mass is 9.79. The maximum Gasteiger partial charge on any atom is 0.163 e. The molecule has 0 saturated heterocycles. The molecule has 1 aliphatic rings. The zero-order valence-electron chi connectivity index (χ0n) is 11.3. The van der Waals surface area contributed by atoms with Crippen LogP contribution in [0.1, 0.15) is 46.7 Å². The molecular weight excluding hydrogens is 359 g/mol. The van der Waals surface area contributed by atoms with Gasteiger partial charge in [0.25, 0.3) is 0 Å². The summed E-state index contributed by atoms with van der Waals surface area (Å²) in [7, 11) is 0. The summed E-state index contributed by atoms with van der Waals surface area (Å²) < 4.78 is 1.17. The van der Waals surface area contributed by atoms with Crippen LogP contribution in [0.3, 0.4) is 0 Å². The Morgan fingerprint density at radius 2 is 1.85 bits per heavy atom. The molecule has 0 spiro atoms. The molecule has 0 heterocycles. The molecule has 2 heteroatoms. The van der Waals surface area contributed by atoms with Crippen LogP contribution in [-0.2, 0) is 6.42 Å². The molecule has 3 rings (SSSR count). The molecule has 2 aromatic carbocycles. The van der Waals surface area contributed by atoms with Gasteiger partial charge in [-0.1, -0.05) is 36.4 Å². The summed E-state index contributed by atoms with van der Waals surface area (Å²) in [4.78, 5) is 12.4. The highest BCUT2D eigenvalue weighted by Crippen LogP contribution is 2.34. The van der Waals surface area contributed by atoms with Crippen LogP contribution in [0.2, 0.25) is 0 Å². The average Bonchev–Trinajstić information content (AvgIpc) is 2.48. The Morgan fingerprint density at radius 1 is 1.10 bits per heavy atom. The lowest BCUT2D eigenvalue weighted by Crippen LogP contribution is -2.14. The number of hydrogen-bond donors (Lipinski definition) is 0. The highest BCUT2D eigenvalue weighted by atomic mass is 127. The van der Waals surface area contributed by atoms with E-state index in [9.17, 15) is 4.79 Å². The number of carbonyl (C=O) groups is 1. The smallest absolute Gasteiger partial charge is 0.163 e. The minimum absolute atomic E-state index is 0.267. The van der Waals surface area contributed by atoms with Crippen molar-refractivity contribution in [1.29, 1.82) is 0 Å². The molecule has 0 radical (unpaired) electrons. The van der Waals surface area contributed by atoms with Crippen molar-refractivity contribution < 1.29 is 4.79 Å². The van der Waals surface area contributed by atoms with E-state index < -0.39 is 0 Å². The van der Waals surface area contributed by atoms with Crippen molar-refractivity contribution in [3.8, 4) is 0 Å². The van der Waals surface area contributed by atoms with Gasteiger partial charge in [-0.25, -0.2) is 0 Å². The van der Waals surface area contributed by atoms with Crippen LogP contribution >= 0.6 is 22.6 Å². The molecule has 20 heavy (non-hydrogen) atoms. The zero-order chi connectivity index (χ0) is 13.9. The fourth-order valence-electron chi connectivity index (χ4n) is 3.04. The third kappa shape index (κ3) is 2.95. The van der Waals surface area contributed by atoms with Gasteiger partial charge < -0.3 is 0 Å². The van der Waals surface area contributed by atoms with Crippen molar-refractivity contribution in [3.63, 3.8) is 0 Å². The Labute approximate surface area is 133 Å². The van der Waals surface area contributed by atoms with Gasteiger partial charge in [-0.3, -0.25) is 4.79 Å². The minimum Gasteiger partial charge on any atom is -0.294 e. The van der Waals surface area contributed by atoms with Gasteiger partial charge in [0.05, 0.1) is 0 Å². The second-order valence-electron chi connectivity index (χ2n) is 5.42. The number of hydrogen-bond acceptors (Lipinski definition) is 1. The molecule has 0 aliphatic heterocycles. The second-order valence-corrected chi connectivity index (χ2v) is 6.67. The van der Waals surface area contributed by atoms with E-state index in [0.717, 1.165) is 18.4 Å². The average molecular weight is 376 g/mol. The summed E-state index contributed by atoms with van der Waals surface area (Å²) in [5, 5.41) is 0. The molecule has 2 aromatic rings. The van der Waals surface area contributed by atoms with Crippen LogP contribution in [0.15, 0.2) is 48.5 Å². The lowest BCUT2D eigenvalue weighted by molar-refractivity contribution is 0.0971. The Balaban J connectivity index is 1.79. The first kappa shape index (κ1) is 13.8. The standard InChI is InChI=1S/C18H17IO/c19-16-10-8-14(9-11-16)18(20)12-15-6-3-5-13-4-1-2-7-17(13)15/h1-2,4,7-11,15H,3,5-6,12H2. The van der Waals surface area contributed by atoms with Crippen LogP contribution in [0.5, 0.6) is 0 Å². The number of ketones is 1. The maximum atomic E-state index is 12.4. The van der Waals surface area contributed by atoms with Gasteiger partial charge in [0.1, 0.15) is 0 Å². The van der Waals surface area contributed by atoms with Gasteiger partial charge in [0, 0.05) is 15.6 Å². The van der Waals surface area contributed by atoms with E-state index in [1.54, 1.807) is 0 Å². The van der Waals surface area contributed by atoms with Crippen molar-refractivity contribution in [1.82, 2.24) is 0 Å².